The Hall–Kier alpha value is -1.29. The molecule has 0 spiro atoms. The third-order valence-electron chi connectivity index (χ3n) is 3.96. The molecule has 2 rings (SSSR count). The van der Waals surface area contributed by atoms with Crippen LogP contribution in [-0.2, 0) is 5.34 Å². The fourth-order valence-corrected chi connectivity index (χ4v) is 2.69. The number of likely N-dealkylation sites (tertiary alicyclic amines) is 1. The molecule has 1 fully saturated rings. The van der Waals surface area contributed by atoms with Crippen LogP contribution in [0.2, 0.25) is 0 Å². The van der Waals surface area contributed by atoms with Crippen molar-refractivity contribution in [2.24, 2.45) is 5.92 Å². The van der Waals surface area contributed by atoms with Crippen LogP contribution in [0.5, 0.6) is 0 Å². The molecular formula is C15H21B2N3O. The van der Waals surface area contributed by atoms with Crippen molar-refractivity contribution in [2.45, 2.75) is 25.1 Å². The van der Waals surface area contributed by atoms with E-state index in [-0.39, 0.29) is 5.91 Å². The molecule has 4 radical (unpaired) electrons. The first-order chi connectivity index (χ1) is 9.82. The standard InChI is InChI=1S/C15H21B2N3O/c1-11-6-5-9-20(10-11)15(16,17)13-8-4-7-12(18-13)14(21)19(2)3/h4,7-8,11H,5-6,9-10H2,1-3H3. The molecule has 21 heavy (non-hydrogen) atoms. The monoisotopic (exact) mass is 281 g/mol. The Bertz CT molecular complexity index is 519. The van der Waals surface area contributed by atoms with Crippen molar-refractivity contribution in [1.82, 2.24) is 14.8 Å². The SMILES string of the molecule is [B]C([B])(c1cccc(C(=O)N(C)C)n1)N1CCCC(C)C1. The molecule has 108 valence electrons. The minimum atomic E-state index is -1.14. The maximum absolute atomic E-state index is 12.0. The van der Waals surface area contributed by atoms with E-state index >= 15 is 0 Å². The van der Waals surface area contributed by atoms with Gasteiger partial charge < -0.3 is 9.80 Å². The summed E-state index contributed by atoms with van der Waals surface area (Å²) in [6.07, 6.45) is 2.27. The second-order valence-electron chi connectivity index (χ2n) is 6.13. The molecule has 1 saturated heterocycles. The highest BCUT2D eigenvalue weighted by atomic mass is 16.2. The van der Waals surface area contributed by atoms with Crippen molar-refractivity contribution in [1.29, 1.82) is 0 Å². The Kier molecular flexibility index (Phi) is 4.77. The summed E-state index contributed by atoms with van der Waals surface area (Å²) in [5.74, 6) is 0.413. The van der Waals surface area contributed by atoms with Crippen molar-refractivity contribution in [2.75, 3.05) is 27.2 Å². The van der Waals surface area contributed by atoms with E-state index < -0.39 is 5.34 Å². The van der Waals surface area contributed by atoms with E-state index in [1.54, 1.807) is 32.3 Å². The minimum Gasteiger partial charge on any atom is -0.343 e. The van der Waals surface area contributed by atoms with Gasteiger partial charge in [0.1, 0.15) is 5.69 Å². The van der Waals surface area contributed by atoms with Crippen molar-refractivity contribution in [3.8, 4) is 0 Å². The zero-order valence-corrected chi connectivity index (χ0v) is 13.0. The summed E-state index contributed by atoms with van der Waals surface area (Å²) >= 11 is 0. The van der Waals surface area contributed by atoms with Gasteiger partial charge in [-0.3, -0.25) is 4.79 Å². The normalized spacial score (nSPS) is 20.2. The summed E-state index contributed by atoms with van der Waals surface area (Å²) in [5, 5.41) is -1.14. The third kappa shape index (κ3) is 3.49. The fraction of sp³-hybridized carbons (Fsp3) is 0.600. The van der Waals surface area contributed by atoms with Crippen LogP contribution in [0, 0.1) is 5.92 Å². The van der Waals surface area contributed by atoms with Crippen LogP contribution in [0.25, 0.3) is 0 Å². The lowest BCUT2D eigenvalue weighted by Crippen LogP contribution is -2.52. The van der Waals surface area contributed by atoms with Gasteiger partial charge in [-0.15, -0.1) is 0 Å². The van der Waals surface area contributed by atoms with E-state index in [4.69, 9.17) is 15.7 Å². The smallest absolute Gasteiger partial charge is 0.271 e. The van der Waals surface area contributed by atoms with Crippen LogP contribution in [0.1, 0.15) is 35.9 Å². The number of hydrogen-bond acceptors (Lipinski definition) is 3. The number of amides is 1. The first-order valence-electron chi connectivity index (χ1n) is 7.34. The molecule has 1 aromatic rings. The van der Waals surface area contributed by atoms with Crippen LogP contribution in [-0.4, -0.2) is 63.6 Å². The number of carbonyl (C=O) groups is 1. The zero-order valence-electron chi connectivity index (χ0n) is 13.0. The van der Waals surface area contributed by atoms with Crippen molar-refractivity contribution in [3.05, 3.63) is 29.6 Å². The van der Waals surface area contributed by atoms with Gasteiger partial charge >= 0.3 is 0 Å². The number of rotatable bonds is 3. The molecule has 1 amide bonds. The number of carbonyl (C=O) groups excluding carboxylic acids is 1. The molecule has 0 bridgehead atoms. The van der Waals surface area contributed by atoms with Gasteiger partial charge in [0.2, 0.25) is 0 Å². The summed E-state index contributed by atoms with van der Waals surface area (Å²) < 4.78 is 0. The van der Waals surface area contributed by atoms with E-state index in [9.17, 15) is 4.79 Å². The third-order valence-corrected chi connectivity index (χ3v) is 3.96. The molecule has 0 saturated carbocycles. The summed E-state index contributed by atoms with van der Waals surface area (Å²) in [4.78, 5) is 19.9. The number of hydrogen-bond donors (Lipinski definition) is 0. The lowest BCUT2D eigenvalue weighted by atomic mass is 9.58. The first kappa shape index (κ1) is 16.1. The van der Waals surface area contributed by atoms with Gasteiger partial charge in [-0.1, -0.05) is 13.0 Å². The maximum Gasteiger partial charge on any atom is 0.271 e. The molecular weight excluding hydrogens is 260 g/mol. The van der Waals surface area contributed by atoms with E-state index in [1.807, 2.05) is 4.90 Å². The number of aromatic nitrogens is 1. The minimum absolute atomic E-state index is 0.153. The van der Waals surface area contributed by atoms with Gasteiger partial charge in [0.25, 0.3) is 5.91 Å². The van der Waals surface area contributed by atoms with E-state index in [0.717, 1.165) is 19.5 Å². The van der Waals surface area contributed by atoms with E-state index in [2.05, 4.69) is 11.9 Å². The average Bonchev–Trinajstić information content (AvgIpc) is 2.46. The molecule has 6 heteroatoms. The lowest BCUT2D eigenvalue weighted by molar-refractivity contribution is 0.0820. The molecule has 4 nitrogen and oxygen atoms in total. The molecule has 0 aromatic carbocycles. The predicted molar refractivity (Wildman–Crippen MR) is 85.4 cm³/mol. The zero-order chi connectivity index (χ0) is 15.6. The average molecular weight is 281 g/mol. The Morgan fingerprint density at radius 2 is 2.14 bits per heavy atom. The summed E-state index contributed by atoms with van der Waals surface area (Å²) in [7, 11) is 16.1. The molecule has 0 aliphatic carbocycles. The van der Waals surface area contributed by atoms with Crippen LogP contribution < -0.4 is 0 Å². The molecule has 1 aromatic heterocycles. The van der Waals surface area contributed by atoms with Crippen molar-refractivity contribution >= 4 is 21.6 Å². The van der Waals surface area contributed by atoms with Crippen molar-refractivity contribution < 1.29 is 4.79 Å². The van der Waals surface area contributed by atoms with Gasteiger partial charge in [-0.05, 0) is 42.8 Å². The van der Waals surface area contributed by atoms with Gasteiger partial charge in [-0.2, -0.15) is 0 Å². The maximum atomic E-state index is 12.0. The van der Waals surface area contributed by atoms with Crippen LogP contribution in [0.3, 0.4) is 0 Å². The van der Waals surface area contributed by atoms with Gasteiger partial charge in [0, 0.05) is 26.3 Å². The molecule has 1 atom stereocenters. The topological polar surface area (TPSA) is 36.4 Å². The van der Waals surface area contributed by atoms with Crippen LogP contribution in [0.4, 0.5) is 0 Å². The van der Waals surface area contributed by atoms with E-state index in [0.29, 0.717) is 17.3 Å². The first-order valence-corrected chi connectivity index (χ1v) is 7.34. The Morgan fingerprint density at radius 3 is 2.76 bits per heavy atom. The number of nitrogens with zero attached hydrogens (tertiary/aromatic N) is 3. The molecule has 1 aliphatic heterocycles. The molecule has 1 unspecified atom stereocenters. The molecule has 1 aliphatic rings. The van der Waals surface area contributed by atoms with Crippen molar-refractivity contribution in [3.63, 3.8) is 0 Å². The van der Waals surface area contributed by atoms with Crippen LogP contribution in [0.15, 0.2) is 18.2 Å². The Balaban J connectivity index is 2.27. The molecule has 0 N–H and O–H groups in total. The Labute approximate surface area is 129 Å². The Morgan fingerprint density at radius 1 is 1.43 bits per heavy atom. The highest BCUT2D eigenvalue weighted by molar-refractivity contribution is 6.39. The molecule has 2 heterocycles. The fourth-order valence-electron chi connectivity index (χ4n) is 2.69. The number of pyridine rings is 1. The van der Waals surface area contributed by atoms with Gasteiger partial charge in [0.15, 0.2) is 0 Å². The second kappa shape index (κ2) is 6.22. The van der Waals surface area contributed by atoms with Crippen LogP contribution >= 0.6 is 0 Å². The highest BCUT2D eigenvalue weighted by Gasteiger charge is 2.32. The van der Waals surface area contributed by atoms with Gasteiger partial charge in [0.05, 0.1) is 15.7 Å². The lowest BCUT2D eigenvalue weighted by Gasteiger charge is -2.43. The summed E-state index contributed by atoms with van der Waals surface area (Å²) in [6.45, 7) is 3.90. The highest BCUT2D eigenvalue weighted by Crippen LogP contribution is 2.26. The largest absolute Gasteiger partial charge is 0.343 e. The van der Waals surface area contributed by atoms with Gasteiger partial charge in [-0.25, -0.2) is 4.98 Å². The summed E-state index contributed by atoms with van der Waals surface area (Å²) in [6, 6.07) is 5.24. The summed E-state index contributed by atoms with van der Waals surface area (Å²) in [5.41, 5.74) is 0.895. The second-order valence-corrected chi connectivity index (χ2v) is 6.13. The quantitative estimate of drug-likeness (QED) is 0.774. The number of piperidine rings is 1. The predicted octanol–water partition coefficient (Wildman–Crippen LogP) is 0.963. The van der Waals surface area contributed by atoms with E-state index in [1.165, 1.54) is 11.3 Å².